The Balaban J connectivity index is 2.05. The lowest BCUT2D eigenvalue weighted by molar-refractivity contribution is 0.618. The van der Waals surface area contributed by atoms with Gasteiger partial charge < -0.3 is 5.73 Å². The average Bonchev–Trinajstić information content (AvgIpc) is 2.29. The summed E-state index contributed by atoms with van der Waals surface area (Å²) in [6, 6.07) is 6.43. The molecule has 0 saturated heterocycles. The Morgan fingerprint density at radius 1 is 1.25 bits per heavy atom. The number of hydrogen-bond acceptors (Lipinski definition) is 4. The van der Waals surface area contributed by atoms with E-state index in [2.05, 4.69) is 9.97 Å². The summed E-state index contributed by atoms with van der Waals surface area (Å²) in [6.45, 7) is 0. The van der Waals surface area contributed by atoms with Crippen LogP contribution in [0.2, 0.25) is 0 Å². The predicted molar refractivity (Wildman–Crippen MR) is 62.4 cm³/mol. The van der Waals surface area contributed by atoms with Crippen molar-refractivity contribution >= 4 is 17.4 Å². The van der Waals surface area contributed by atoms with Gasteiger partial charge in [-0.05, 0) is 23.8 Å². The van der Waals surface area contributed by atoms with Gasteiger partial charge in [0.2, 0.25) is 0 Å². The van der Waals surface area contributed by atoms with E-state index in [1.165, 1.54) is 17.8 Å². The van der Waals surface area contributed by atoms with Crippen molar-refractivity contribution in [1.29, 1.82) is 0 Å². The number of nitrogen functional groups attached to an aromatic ring is 1. The van der Waals surface area contributed by atoms with E-state index in [1.807, 2.05) is 0 Å². The SMILES string of the molecule is Nc1ccc(CSc2ncccn2)c(F)c1. The van der Waals surface area contributed by atoms with Crippen molar-refractivity contribution in [2.75, 3.05) is 5.73 Å². The van der Waals surface area contributed by atoms with Crippen LogP contribution < -0.4 is 5.73 Å². The fourth-order valence-corrected chi connectivity index (χ4v) is 1.97. The summed E-state index contributed by atoms with van der Waals surface area (Å²) in [7, 11) is 0. The lowest BCUT2D eigenvalue weighted by Gasteiger charge is -2.02. The Hall–Kier alpha value is -1.62. The van der Waals surface area contributed by atoms with Crippen molar-refractivity contribution in [3.8, 4) is 0 Å². The van der Waals surface area contributed by atoms with Gasteiger partial charge in [0.1, 0.15) is 5.82 Å². The zero-order valence-electron chi connectivity index (χ0n) is 8.43. The predicted octanol–water partition coefficient (Wildman–Crippen LogP) is 2.49. The monoisotopic (exact) mass is 235 g/mol. The van der Waals surface area contributed by atoms with Gasteiger partial charge in [-0.25, -0.2) is 14.4 Å². The number of thioether (sulfide) groups is 1. The van der Waals surface area contributed by atoms with Crippen LogP contribution in [0.3, 0.4) is 0 Å². The average molecular weight is 235 g/mol. The number of benzene rings is 1. The number of halogens is 1. The third kappa shape index (κ3) is 2.70. The second-order valence-electron chi connectivity index (χ2n) is 3.17. The van der Waals surface area contributed by atoms with Crippen LogP contribution in [-0.4, -0.2) is 9.97 Å². The van der Waals surface area contributed by atoms with Gasteiger partial charge in [0.25, 0.3) is 0 Å². The Kier molecular flexibility index (Phi) is 3.36. The lowest BCUT2D eigenvalue weighted by atomic mass is 10.2. The topological polar surface area (TPSA) is 51.8 Å². The quantitative estimate of drug-likeness (QED) is 0.504. The molecule has 0 aliphatic heterocycles. The smallest absolute Gasteiger partial charge is 0.187 e. The van der Waals surface area contributed by atoms with E-state index >= 15 is 0 Å². The van der Waals surface area contributed by atoms with E-state index in [-0.39, 0.29) is 5.82 Å². The van der Waals surface area contributed by atoms with Gasteiger partial charge in [0.05, 0.1) is 0 Å². The molecule has 16 heavy (non-hydrogen) atoms. The van der Waals surface area contributed by atoms with Gasteiger partial charge in [-0.1, -0.05) is 17.8 Å². The molecular formula is C11H10FN3S. The maximum Gasteiger partial charge on any atom is 0.187 e. The number of anilines is 1. The van der Waals surface area contributed by atoms with Crippen LogP contribution in [0.4, 0.5) is 10.1 Å². The van der Waals surface area contributed by atoms with Crippen LogP contribution in [0, 0.1) is 5.82 Å². The largest absolute Gasteiger partial charge is 0.399 e. The molecule has 2 aromatic rings. The molecule has 0 bridgehead atoms. The van der Waals surface area contributed by atoms with Crippen LogP contribution in [0.5, 0.6) is 0 Å². The molecule has 0 fully saturated rings. The first-order valence-corrected chi connectivity index (χ1v) is 5.68. The van der Waals surface area contributed by atoms with Crippen LogP contribution in [0.25, 0.3) is 0 Å². The minimum atomic E-state index is -0.288. The van der Waals surface area contributed by atoms with Crippen LogP contribution in [-0.2, 0) is 5.75 Å². The zero-order valence-corrected chi connectivity index (χ0v) is 9.25. The highest BCUT2D eigenvalue weighted by atomic mass is 32.2. The highest BCUT2D eigenvalue weighted by Crippen LogP contribution is 2.21. The molecule has 1 aromatic carbocycles. The summed E-state index contributed by atoms with van der Waals surface area (Å²) in [5.41, 5.74) is 6.50. The zero-order chi connectivity index (χ0) is 11.4. The van der Waals surface area contributed by atoms with Crippen LogP contribution >= 0.6 is 11.8 Å². The maximum absolute atomic E-state index is 13.4. The number of rotatable bonds is 3. The number of aromatic nitrogens is 2. The number of nitrogens with zero attached hydrogens (tertiary/aromatic N) is 2. The Morgan fingerprint density at radius 3 is 2.69 bits per heavy atom. The van der Waals surface area contributed by atoms with Crippen LogP contribution in [0.15, 0.2) is 41.8 Å². The molecule has 1 heterocycles. The van der Waals surface area contributed by atoms with Crippen molar-refractivity contribution in [3.63, 3.8) is 0 Å². The summed E-state index contributed by atoms with van der Waals surface area (Å²) < 4.78 is 13.4. The molecule has 3 nitrogen and oxygen atoms in total. The van der Waals surface area contributed by atoms with Crippen molar-refractivity contribution in [3.05, 3.63) is 48.0 Å². The van der Waals surface area contributed by atoms with E-state index in [9.17, 15) is 4.39 Å². The molecule has 0 radical (unpaired) electrons. The first-order chi connectivity index (χ1) is 7.75. The molecule has 1 aromatic heterocycles. The van der Waals surface area contributed by atoms with E-state index in [1.54, 1.807) is 30.6 Å². The molecule has 0 aliphatic carbocycles. The van der Waals surface area contributed by atoms with Crippen molar-refractivity contribution < 1.29 is 4.39 Å². The molecule has 0 spiro atoms. The Bertz CT molecular complexity index is 476. The van der Waals surface area contributed by atoms with Crippen LogP contribution in [0.1, 0.15) is 5.56 Å². The molecule has 0 saturated carbocycles. The molecule has 2 N–H and O–H groups in total. The van der Waals surface area contributed by atoms with E-state index in [0.29, 0.717) is 22.2 Å². The molecule has 2 rings (SSSR count). The van der Waals surface area contributed by atoms with Gasteiger partial charge >= 0.3 is 0 Å². The minimum Gasteiger partial charge on any atom is -0.399 e. The molecule has 0 aliphatic rings. The summed E-state index contributed by atoms with van der Waals surface area (Å²) >= 11 is 1.39. The van der Waals surface area contributed by atoms with Gasteiger partial charge in [-0.15, -0.1) is 0 Å². The van der Waals surface area contributed by atoms with E-state index in [0.717, 1.165) is 0 Å². The molecule has 0 amide bonds. The third-order valence-corrected chi connectivity index (χ3v) is 2.90. The van der Waals surface area contributed by atoms with Gasteiger partial charge in [-0.2, -0.15) is 0 Å². The Morgan fingerprint density at radius 2 is 2.00 bits per heavy atom. The van der Waals surface area contributed by atoms with Crippen molar-refractivity contribution in [2.45, 2.75) is 10.9 Å². The second-order valence-corrected chi connectivity index (χ2v) is 4.11. The first kappa shape index (κ1) is 10.9. The highest BCUT2D eigenvalue weighted by Gasteiger charge is 2.04. The Labute approximate surface area is 96.9 Å². The standard InChI is InChI=1S/C11H10FN3S/c12-10-6-9(13)3-2-8(10)7-16-11-14-4-1-5-15-11/h1-6H,7,13H2. The summed E-state index contributed by atoms with van der Waals surface area (Å²) in [5.74, 6) is 0.208. The minimum absolute atomic E-state index is 0.288. The maximum atomic E-state index is 13.4. The lowest BCUT2D eigenvalue weighted by Crippen LogP contribution is -1.92. The highest BCUT2D eigenvalue weighted by molar-refractivity contribution is 7.98. The fraction of sp³-hybridized carbons (Fsp3) is 0.0909. The third-order valence-electron chi connectivity index (χ3n) is 1.98. The fourth-order valence-electron chi connectivity index (χ4n) is 1.18. The van der Waals surface area contributed by atoms with Gasteiger partial charge in [0, 0.05) is 23.8 Å². The molecule has 0 unspecified atom stereocenters. The second kappa shape index (κ2) is 4.94. The molecule has 5 heteroatoms. The summed E-state index contributed by atoms with van der Waals surface area (Å²) in [5, 5.41) is 0.638. The first-order valence-electron chi connectivity index (χ1n) is 4.69. The normalized spacial score (nSPS) is 10.3. The van der Waals surface area contributed by atoms with E-state index in [4.69, 9.17) is 5.73 Å². The van der Waals surface area contributed by atoms with Crippen molar-refractivity contribution in [1.82, 2.24) is 9.97 Å². The van der Waals surface area contributed by atoms with Crippen molar-refractivity contribution in [2.24, 2.45) is 0 Å². The summed E-state index contributed by atoms with van der Waals surface area (Å²) in [4.78, 5) is 8.09. The van der Waals surface area contributed by atoms with Gasteiger partial charge in [0.15, 0.2) is 5.16 Å². The number of hydrogen-bond donors (Lipinski definition) is 1. The summed E-state index contributed by atoms with van der Waals surface area (Å²) in [6.07, 6.45) is 3.32. The van der Waals surface area contributed by atoms with Gasteiger partial charge in [-0.3, -0.25) is 0 Å². The molecule has 82 valence electrons. The number of nitrogens with two attached hydrogens (primary N) is 1. The molecular weight excluding hydrogens is 225 g/mol. The molecule has 0 atom stereocenters. The van der Waals surface area contributed by atoms with E-state index < -0.39 is 0 Å².